The fourth-order valence-corrected chi connectivity index (χ4v) is 6.52. The number of anilines is 1. The number of nitrogens with zero attached hydrogens (tertiary/aromatic N) is 3. The fraction of sp³-hybridized carbons (Fsp3) is 0.533. The van der Waals surface area contributed by atoms with Crippen molar-refractivity contribution in [3.63, 3.8) is 0 Å². The molecule has 0 spiro atoms. The van der Waals surface area contributed by atoms with Gasteiger partial charge in [0.15, 0.2) is 0 Å². The minimum atomic E-state index is -5.25. The topological polar surface area (TPSA) is 64.1 Å². The molecule has 0 radical (unpaired) electrons. The van der Waals surface area contributed by atoms with Crippen molar-refractivity contribution < 1.29 is 27.9 Å². The van der Waals surface area contributed by atoms with Crippen LogP contribution in [0.25, 0.3) is 0 Å². The number of carbonyl (C=O) groups excluding carboxylic acids is 2. The van der Waals surface area contributed by atoms with Crippen LogP contribution in [0.3, 0.4) is 0 Å². The van der Waals surface area contributed by atoms with E-state index >= 15 is 0 Å². The molecule has 11 heteroatoms. The monoisotopic (exact) mass is 613 g/mol. The normalized spacial score (nSPS) is 18.8. The number of aliphatic hydroxyl groups is 1. The summed E-state index contributed by atoms with van der Waals surface area (Å²) in [4.78, 5) is 30.5. The summed E-state index contributed by atoms with van der Waals surface area (Å²) in [5.41, 5.74) is -1.67. The van der Waals surface area contributed by atoms with E-state index in [1.807, 2.05) is 19.1 Å². The molecule has 2 heterocycles. The molecular formula is C30H36Cl2F3N3O3. The van der Waals surface area contributed by atoms with Gasteiger partial charge in [0.1, 0.15) is 0 Å². The molecule has 1 N–H and O–H groups in total. The molecule has 1 unspecified atom stereocenters. The molecule has 4 rings (SSSR count). The van der Waals surface area contributed by atoms with Crippen molar-refractivity contribution in [1.29, 1.82) is 0 Å². The largest absolute Gasteiger partial charge is 0.430 e. The van der Waals surface area contributed by atoms with E-state index in [0.717, 1.165) is 60.6 Å². The van der Waals surface area contributed by atoms with Crippen LogP contribution in [-0.4, -0.2) is 73.2 Å². The number of benzene rings is 2. The van der Waals surface area contributed by atoms with Crippen LogP contribution in [0.2, 0.25) is 10.0 Å². The number of carbonyl (C=O) groups is 2. The summed E-state index contributed by atoms with van der Waals surface area (Å²) in [6.07, 6.45) is -1.13. The number of aryl methyl sites for hydroxylation is 1. The quantitative estimate of drug-likeness (QED) is 0.415. The summed E-state index contributed by atoms with van der Waals surface area (Å²) in [7, 11) is 3.48. The zero-order valence-corrected chi connectivity index (χ0v) is 25.0. The average Bonchev–Trinajstić information content (AvgIpc) is 2.91. The number of likely N-dealkylation sites (tertiary alicyclic amines) is 1. The van der Waals surface area contributed by atoms with Gasteiger partial charge in [0.25, 0.3) is 17.4 Å². The number of piperidine rings is 2. The zero-order chi connectivity index (χ0) is 30.1. The second kappa shape index (κ2) is 12.4. The number of hydrogen-bond acceptors (Lipinski definition) is 4. The first-order valence-electron chi connectivity index (χ1n) is 13.8. The van der Waals surface area contributed by atoms with Gasteiger partial charge in [-0.15, -0.1) is 0 Å². The molecule has 2 fully saturated rings. The summed E-state index contributed by atoms with van der Waals surface area (Å²) in [6.45, 7) is 4.02. The third-order valence-electron chi connectivity index (χ3n) is 8.39. The van der Waals surface area contributed by atoms with Crippen molar-refractivity contribution in [2.75, 3.05) is 45.2 Å². The molecule has 224 valence electrons. The molecule has 2 aromatic rings. The minimum Gasteiger partial charge on any atom is -0.372 e. The molecule has 6 nitrogen and oxygen atoms in total. The molecule has 0 aliphatic carbocycles. The standard InChI is InChI=1S/C30H36Cl2F3N3O3/c1-19-14-25(4-5-26(19)27(39)36(2)3)37-10-6-20(7-11-37)15-21-8-12-38(13-9-21)28(40)29(41,30(33,34)35)22-16-23(31)18-24(32)17-22/h4-5,14,16-18,20-21,41H,6-13,15H2,1-3H3. The number of rotatable bonds is 6. The molecule has 0 aromatic heterocycles. The van der Waals surface area contributed by atoms with E-state index in [1.165, 1.54) is 6.07 Å². The average molecular weight is 615 g/mol. The Morgan fingerprint density at radius 2 is 1.46 bits per heavy atom. The van der Waals surface area contributed by atoms with Gasteiger partial charge in [-0.2, -0.15) is 13.2 Å². The molecule has 0 saturated carbocycles. The van der Waals surface area contributed by atoms with Crippen LogP contribution >= 0.6 is 23.2 Å². The van der Waals surface area contributed by atoms with Gasteiger partial charge in [0.2, 0.25) is 0 Å². The van der Waals surface area contributed by atoms with Gasteiger partial charge in [-0.3, -0.25) is 9.59 Å². The fourth-order valence-electron chi connectivity index (χ4n) is 6.00. The van der Waals surface area contributed by atoms with E-state index in [9.17, 15) is 27.9 Å². The predicted molar refractivity (Wildman–Crippen MR) is 154 cm³/mol. The van der Waals surface area contributed by atoms with E-state index in [-0.39, 0.29) is 29.0 Å². The van der Waals surface area contributed by atoms with Gasteiger partial charge < -0.3 is 19.8 Å². The Balaban J connectivity index is 1.32. The van der Waals surface area contributed by atoms with Gasteiger partial charge >= 0.3 is 6.18 Å². The van der Waals surface area contributed by atoms with Crippen LogP contribution in [0.1, 0.15) is 53.6 Å². The summed E-state index contributed by atoms with van der Waals surface area (Å²) < 4.78 is 42.3. The van der Waals surface area contributed by atoms with Crippen molar-refractivity contribution in [1.82, 2.24) is 9.80 Å². The minimum absolute atomic E-state index is 0.0162. The van der Waals surface area contributed by atoms with E-state index in [0.29, 0.717) is 30.2 Å². The first-order chi connectivity index (χ1) is 19.2. The lowest BCUT2D eigenvalue weighted by Crippen LogP contribution is -2.57. The lowest BCUT2D eigenvalue weighted by Gasteiger charge is -2.40. The summed E-state index contributed by atoms with van der Waals surface area (Å²) in [5.74, 6) is -0.621. The van der Waals surface area contributed by atoms with Crippen molar-refractivity contribution in [3.8, 4) is 0 Å². The van der Waals surface area contributed by atoms with Gasteiger partial charge in [-0.25, -0.2) is 0 Å². The first-order valence-corrected chi connectivity index (χ1v) is 14.6. The van der Waals surface area contributed by atoms with E-state index in [4.69, 9.17) is 23.2 Å². The van der Waals surface area contributed by atoms with Crippen molar-refractivity contribution in [2.45, 2.75) is 50.8 Å². The number of hydrogen-bond donors (Lipinski definition) is 1. The second-order valence-electron chi connectivity index (χ2n) is 11.5. The Kier molecular flexibility index (Phi) is 9.51. The van der Waals surface area contributed by atoms with Crippen molar-refractivity contribution in [3.05, 3.63) is 63.1 Å². The Labute approximate surface area is 249 Å². The zero-order valence-electron chi connectivity index (χ0n) is 23.5. The van der Waals surface area contributed by atoms with E-state index in [1.54, 1.807) is 19.0 Å². The van der Waals surface area contributed by atoms with E-state index in [2.05, 4.69) is 11.0 Å². The molecule has 2 aliphatic heterocycles. The summed E-state index contributed by atoms with van der Waals surface area (Å²) in [5, 5.41) is 10.6. The Hall–Kier alpha value is -2.49. The first kappa shape index (κ1) is 31.4. The van der Waals surface area contributed by atoms with Crippen molar-refractivity contribution >= 4 is 40.7 Å². The Morgan fingerprint density at radius 3 is 1.95 bits per heavy atom. The number of halogens is 5. The molecule has 2 saturated heterocycles. The highest BCUT2D eigenvalue weighted by Gasteiger charge is 2.62. The van der Waals surface area contributed by atoms with Crippen LogP contribution in [0, 0.1) is 18.8 Å². The lowest BCUT2D eigenvalue weighted by atomic mass is 9.82. The highest BCUT2D eigenvalue weighted by atomic mass is 35.5. The molecule has 2 amide bonds. The van der Waals surface area contributed by atoms with Gasteiger partial charge in [-0.05, 0) is 92.8 Å². The molecule has 41 heavy (non-hydrogen) atoms. The predicted octanol–water partition coefficient (Wildman–Crippen LogP) is 6.30. The maximum absolute atomic E-state index is 14.1. The van der Waals surface area contributed by atoms with Crippen molar-refractivity contribution in [2.24, 2.45) is 11.8 Å². The maximum Gasteiger partial charge on any atom is 0.430 e. The third-order valence-corrected chi connectivity index (χ3v) is 8.83. The Morgan fingerprint density at radius 1 is 0.927 bits per heavy atom. The van der Waals surface area contributed by atoms with Crippen LogP contribution in [0.15, 0.2) is 36.4 Å². The smallest absolute Gasteiger partial charge is 0.372 e. The van der Waals surface area contributed by atoms with E-state index < -0.39 is 23.2 Å². The van der Waals surface area contributed by atoms with Gasteiger partial charge in [-0.1, -0.05) is 23.2 Å². The molecule has 0 bridgehead atoms. The molecule has 2 aromatic carbocycles. The number of amides is 2. The SMILES string of the molecule is Cc1cc(N2CCC(CC3CCN(C(=O)C(O)(c4cc(Cl)cc(Cl)c4)C(F)(F)F)CC3)CC2)ccc1C(=O)N(C)C. The lowest BCUT2D eigenvalue weighted by molar-refractivity contribution is -0.262. The van der Waals surface area contributed by atoms with Gasteiger partial charge in [0.05, 0.1) is 0 Å². The van der Waals surface area contributed by atoms with Crippen LogP contribution in [0.5, 0.6) is 0 Å². The molecule has 1 atom stereocenters. The summed E-state index contributed by atoms with van der Waals surface area (Å²) >= 11 is 11.8. The van der Waals surface area contributed by atoms with Crippen LogP contribution in [0.4, 0.5) is 18.9 Å². The highest BCUT2D eigenvalue weighted by Crippen LogP contribution is 2.43. The van der Waals surface area contributed by atoms with Crippen LogP contribution in [-0.2, 0) is 10.4 Å². The second-order valence-corrected chi connectivity index (χ2v) is 12.3. The highest BCUT2D eigenvalue weighted by molar-refractivity contribution is 6.34. The van der Waals surface area contributed by atoms with Crippen LogP contribution < -0.4 is 4.90 Å². The maximum atomic E-state index is 14.1. The molecular weight excluding hydrogens is 578 g/mol. The third kappa shape index (κ3) is 6.78. The molecule has 2 aliphatic rings. The Bertz CT molecular complexity index is 1250. The van der Waals surface area contributed by atoms with Gasteiger partial charge in [0, 0.05) is 67.1 Å². The summed E-state index contributed by atoms with van der Waals surface area (Å²) in [6, 6.07) is 9.04. The number of alkyl halides is 3.